The smallest absolute Gasteiger partial charge is 0.221 e. The highest BCUT2D eigenvalue weighted by Crippen LogP contribution is 2.25. The van der Waals surface area contributed by atoms with Crippen molar-refractivity contribution in [1.82, 2.24) is 5.32 Å². The number of hydrogen-bond donors (Lipinski definition) is 2. The fourth-order valence-electron chi connectivity index (χ4n) is 2.85. The summed E-state index contributed by atoms with van der Waals surface area (Å²) in [6.07, 6.45) is 3.99. The summed E-state index contributed by atoms with van der Waals surface area (Å²) in [5.41, 5.74) is 8.36. The monoisotopic (exact) mass is 342 g/mol. The van der Waals surface area contributed by atoms with E-state index in [1.54, 1.807) is 11.8 Å². The highest BCUT2D eigenvalue weighted by molar-refractivity contribution is 7.99. The van der Waals surface area contributed by atoms with Crippen molar-refractivity contribution >= 4 is 30.1 Å². The van der Waals surface area contributed by atoms with Crippen molar-refractivity contribution in [2.24, 2.45) is 11.7 Å². The van der Waals surface area contributed by atoms with Crippen LogP contribution in [0.3, 0.4) is 0 Å². The number of benzene rings is 1. The standard InChI is InChI=1S/C17H26N2OS.ClH/c1-12-6-7-15(10-13(12)2)21-9-8-17(20)19-16-5-3-4-14(16)11-18;/h6-7,10,14,16H,3-5,8-9,11,18H2,1-2H3,(H,19,20);1H. The minimum Gasteiger partial charge on any atom is -0.353 e. The Labute approximate surface area is 144 Å². The average Bonchev–Trinajstić information content (AvgIpc) is 2.90. The van der Waals surface area contributed by atoms with Crippen molar-refractivity contribution in [3.8, 4) is 0 Å². The molecule has 3 N–H and O–H groups in total. The second kappa shape index (κ2) is 9.43. The van der Waals surface area contributed by atoms with Gasteiger partial charge < -0.3 is 11.1 Å². The number of nitrogens with one attached hydrogen (secondary N) is 1. The molecule has 2 rings (SSSR count). The summed E-state index contributed by atoms with van der Waals surface area (Å²) in [6, 6.07) is 6.77. The lowest BCUT2D eigenvalue weighted by atomic mass is 10.0. The van der Waals surface area contributed by atoms with Crippen LogP contribution in [0.1, 0.15) is 36.8 Å². The average molecular weight is 343 g/mol. The predicted octanol–water partition coefficient (Wildman–Crippen LogP) is 3.45. The normalized spacial score (nSPS) is 20.5. The lowest BCUT2D eigenvalue weighted by molar-refractivity contribution is -0.121. The van der Waals surface area contributed by atoms with Crippen LogP contribution >= 0.6 is 24.2 Å². The van der Waals surface area contributed by atoms with Crippen LogP contribution in [0.4, 0.5) is 0 Å². The van der Waals surface area contributed by atoms with E-state index in [1.165, 1.54) is 22.4 Å². The van der Waals surface area contributed by atoms with Gasteiger partial charge in [0.25, 0.3) is 0 Å². The van der Waals surface area contributed by atoms with Gasteiger partial charge in [-0.2, -0.15) is 0 Å². The minimum absolute atomic E-state index is 0. The Morgan fingerprint density at radius 3 is 2.77 bits per heavy atom. The third-order valence-corrected chi connectivity index (χ3v) is 5.38. The number of carbonyl (C=O) groups is 1. The van der Waals surface area contributed by atoms with Gasteiger partial charge in [0.05, 0.1) is 0 Å². The summed E-state index contributed by atoms with van der Waals surface area (Å²) >= 11 is 1.75. The van der Waals surface area contributed by atoms with Crippen LogP contribution < -0.4 is 11.1 Å². The van der Waals surface area contributed by atoms with Gasteiger partial charge >= 0.3 is 0 Å². The van der Waals surface area contributed by atoms with Crippen LogP contribution in [0.15, 0.2) is 23.1 Å². The van der Waals surface area contributed by atoms with Crippen molar-refractivity contribution < 1.29 is 4.79 Å². The maximum Gasteiger partial charge on any atom is 0.221 e. The topological polar surface area (TPSA) is 55.1 Å². The van der Waals surface area contributed by atoms with E-state index in [9.17, 15) is 4.79 Å². The summed E-state index contributed by atoms with van der Waals surface area (Å²) in [5, 5.41) is 3.15. The molecular formula is C17H27ClN2OS. The number of thioether (sulfide) groups is 1. The molecule has 0 aromatic heterocycles. The molecule has 1 aromatic carbocycles. The zero-order valence-corrected chi connectivity index (χ0v) is 15.1. The molecule has 2 unspecified atom stereocenters. The molecule has 0 spiro atoms. The summed E-state index contributed by atoms with van der Waals surface area (Å²) in [7, 11) is 0. The Morgan fingerprint density at radius 2 is 2.09 bits per heavy atom. The first kappa shape index (κ1) is 19.3. The van der Waals surface area contributed by atoms with Gasteiger partial charge in [-0.25, -0.2) is 0 Å². The maximum absolute atomic E-state index is 12.0. The third kappa shape index (κ3) is 5.49. The van der Waals surface area contributed by atoms with Crippen molar-refractivity contribution in [2.45, 2.75) is 50.5 Å². The fraction of sp³-hybridized carbons (Fsp3) is 0.588. The molecular weight excluding hydrogens is 316 g/mol. The molecule has 0 radical (unpaired) electrons. The zero-order valence-electron chi connectivity index (χ0n) is 13.4. The van der Waals surface area contributed by atoms with E-state index in [0.29, 0.717) is 24.9 Å². The van der Waals surface area contributed by atoms with Crippen LogP contribution in [-0.4, -0.2) is 24.2 Å². The Bertz CT molecular complexity index is 496. The van der Waals surface area contributed by atoms with Crippen molar-refractivity contribution in [2.75, 3.05) is 12.3 Å². The van der Waals surface area contributed by atoms with E-state index >= 15 is 0 Å². The molecule has 0 bridgehead atoms. The molecule has 3 nitrogen and oxygen atoms in total. The molecule has 1 fully saturated rings. The Kier molecular flexibility index (Phi) is 8.29. The highest BCUT2D eigenvalue weighted by atomic mass is 35.5. The largest absolute Gasteiger partial charge is 0.353 e. The molecule has 0 heterocycles. The molecule has 2 atom stereocenters. The van der Waals surface area contributed by atoms with Gasteiger partial charge in [-0.1, -0.05) is 12.5 Å². The lowest BCUT2D eigenvalue weighted by Gasteiger charge is -2.19. The first-order valence-electron chi connectivity index (χ1n) is 7.79. The summed E-state index contributed by atoms with van der Waals surface area (Å²) < 4.78 is 0. The molecule has 22 heavy (non-hydrogen) atoms. The summed E-state index contributed by atoms with van der Waals surface area (Å²) in [6.45, 7) is 4.92. The summed E-state index contributed by atoms with van der Waals surface area (Å²) in [4.78, 5) is 13.2. The zero-order chi connectivity index (χ0) is 15.2. The van der Waals surface area contributed by atoms with Crippen molar-refractivity contribution in [3.63, 3.8) is 0 Å². The molecule has 1 saturated carbocycles. The first-order chi connectivity index (χ1) is 10.1. The lowest BCUT2D eigenvalue weighted by Crippen LogP contribution is -2.39. The van der Waals surface area contributed by atoms with Gasteiger partial charge in [-0.15, -0.1) is 24.2 Å². The third-order valence-electron chi connectivity index (χ3n) is 4.38. The van der Waals surface area contributed by atoms with Gasteiger partial charge in [0, 0.05) is 23.1 Å². The Morgan fingerprint density at radius 1 is 1.32 bits per heavy atom. The van der Waals surface area contributed by atoms with Crippen LogP contribution in [0.2, 0.25) is 0 Å². The first-order valence-corrected chi connectivity index (χ1v) is 8.78. The second-order valence-corrected chi connectivity index (χ2v) is 7.11. The van der Waals surface area contributed by atoms with Crippen LogP contribution in [0.25, 0.3) is 0 Å². The number of halogens is 1. The molecule has 1 aliphatic rings. The van der Waals surface area contributed by atoms with Crippen LogP contribution in [0, 0.1) is 19.8 Å². The van der Waals surface area contributed by atoms with Crippen LogP contribution in [-0.2, 0) is 4.79 Å². The molecule has 0 aliphatic heterocycles. The van der Waals surface area contributed by atoms with Crippen LogP contribution in [0.5, 0.6) is 0 Å². The van der Waals surface area contributed by atoms with Crippen molar-refractivity contribution in [3.05, 3.63) is 29.3 Å². The number of amides is 1. The Hall–Kier alpha value is -0.710. The highest BCUT2D eigenvalue weighted by Gasteiger charge is 2.26. The van der Waals surface area contributed by atoms with Gasteiger partial charge in [0.15, 0.2) is 0 Å². The maximum atomic E-state index is 12.0. The van der Waals surface area contributed by atoms with Gasteiger partial charge in [-0.05, 0) is 62.4 Å². The number of aryl methyl sites for hydroxylation is 2. The van der Waals surface area contributed by atoms with E-state index in [-0.39, 0.29) is 18.3 Å². The van der Waals surface area contributed by atoms with Gasteiger partial charge in [0.1, 0.15) is 0 Å². The van der Waals surface area contributed by atoms with E-state index in [1.807, 2.05) is 0 Å². The van der Waals surface area contributed by atoms with E-state index in [0.717, 1.165) is 18.6 Å². The molecule has 124 valence electrons. The number of hydrogen-bond acceptors (Lipinski definition) is 3. The number of carbonyl (C=O) groups excluding carboxylic acids is 1. The molecule has 0 saturated heterocycles. The fourth-order valence-corrected chi connectivity index (χ4v) is 3.80. The van der Waals surface area contributed by atoms with E-state index in [4.69, 9.17) is 5.73 Å². The van der Waals surface area contributed by atoms with E-state index < -0.39 is 0 Å². The van der Waals surface area contributed by atoms with E-state index in [2.05, 4.69) is 37.4 Å². The quantitative estimate of drug-likeness (QED) is 0.778. The van der Waals surface area contributed by atoms with Gasteiger partial charge in [0.2, 0.25) is 5.91 Å². The number of nitrogens with two attached hydrogens (primary N) is 1. The SMILES string of the molecule is Cc1ccc(SCCC(=O)NC2CCCC2CN)cc1C.Cl. The molecule has 1 aliphatic carbocycles. The predicted molar refractivity (Wildman–Crippen MR) is 96.8 cm³/mol. The second-order valence-electron chi connectivity index (χ2n) is 5.95. The van der Waals surface area contributed by atoms with Crippen molar-refractivity contribution in [1.29, 1.82) is 0 Å². The Balaban J connectivity index is 0.00000242. The van der Waals surface area contributed by atoms with Gasteiger partial charge in [-0.3, -0.25) is 4.79 Å². The molecule has 1 aromatic rings. The summed E-state index contributed by atoms with van der Waals surface area (Å²) in [5.74, 6) is 1.46. The molecule has 1 amide bonds. The minimum atomic E-state index is 0. The molecule has 5 heteroatoms. The number of rotatable bonds is 6.